The lowest BCUT2D eigenvalue weighted by molar-refractivity contribution is 0.201. The van der Waals surface area contributed by atoms with Crippen LogP contribution in [0.1, 0.15) is 0 Å². The van der Waals surface area contributed by atoms with Crippen molar-refractivity contribution in [3.8, 4) is 0 Å². The Morgan fingerprint density at radius 2 is 1.31 bits per heavy atom. The molecule has 4 heterocycles. The molecular formula is C10H8N10O5P+. The lowest BCUT2D eigenvalue weighted by atomic mass is 10.5. The molecule has 15 nitrogen and oxygen atoms in total. The SMILES string of the molecule is Nc1nc2c(ncn2O[P+](=O)On2cnc3c(=O)[nH]c(N)nc32)c(=O)[nH]1. The van der Waals surface area contributed by atoms with Crippen LogP contribution in [0.2, 0.25) is 0 Å². The standard InChI is InChI=1S/C10H7N10O5P/c11-9-15-5-3(7(21)17-9)13-1-19(5)24-26(23)25-20-2-14-4-6(20)16-10(12)18-8(4)22/h1-2H,(H5-,11,12,15,16,17,18,21,22)/p+1. The number of nitrogens with zero attached hydrogens (tertiary/aromatic N) is 6. The van der Waals surface area contributed by atoms with E-state index in [2.05, 4.69) is 29.9 Å². The molecule has 0 amide bonds. The summed E-state index contributed by atoms with van der Waals surface area (Å²) in [6, 6.07) is 0. The van der Waals surface area contributed by atoms with Gasteiger partial charge in [0.2, 0.25) is 23.2 Å². The minimum absolute atomic E-state index is 0.0625. The number of aromatic amines is 2. The zero-order chi connectivity index (χ0) is 18.4. The Balaban J connectivity index is 1.64. The lowest BCUT2D eigenvalue weighted by Gasteiger charge is -1.97. The number of H-pyrrole nitrogens is 2. The Labute approximate surface area is 141 Å². The van der Waals surface area contributed by atoms with E-state index in [1.165, 1.54) is 0 Å². The van der Waals surface area contributed by atoms with Crippen molar-refractivity contribution < 1.29 is 13.8 Å². The summed E-state index contributed by atoms with van der Waals surface area (Å²) in [7, 11) is -2.86. The summed E-state index contributed by atoms with van der Waals surface area (Å²) in [5.41, 5.74) is 9.45. The van der Waals surface area contributed by atoms with E-state index >= 15 is 0 Å². The van der Waals surface area contributed by atoms with Gasteiger partial charge in [-0.15, -0.1) is 9.25 Å². The lowest BCUT2D eigenvalue weighted by Crippen LogP contribution is -2.15. The highest BCUT2D eigenvalue weighted by atomic mass is 31.1. The maximum Gasteiger partial charge on any atom is 0.848 e. The van der Waals surface area contributed by atoms with Crippen LogP contribution in [-0.2, 0) is 4.57 Å². The highest BCUT2D eigenvalue weighted by Crippen LogP contribution is 2.19. The molecule has 4 aromatic heterocycles. The topological polar surface area (TPSA) is 215 Å². The van der Waals surface area contributed by atoms with Gasteiger partial charge < -0.3 is 11.5 Å². The van der Waals surface area contributed by atoms with Gasteiger partial charge in [0.15, 0.2) is 11.0 Å². The third kappa shape index (κ3) is 2.48. The van der Waals surface area contributed by atoms with Gasteiger partial charge in [0.25, 0.3) is 11.1 Å². The highest BCUT2D eigenvalue weighted by Gasteiger charge is 2.29. The van der Waals surface area contributed by atoms with Gasteiger partial charge in [-0.2, -0.15) is 9.97 Å². The monoisotopic (exact) mass is 379 g/mol. The van der Waals surface area contributed by atoms with Crippen LogP contribution < -0.4 is 31.8 Å². The molecule has 0 aliphatic carbocycles. The molecule has 6 N–H and O–H groups in total. The number of hydrogen-bond acceptors (Lipinski definition) is 11. The van der Waals surface area contributed by atoms with Crippen LogP contribution >= 0.6 is 8.25 Å². The fraction of sp³-hybridized carbons (Fsp3) is 0. The van der Waals surface area contributed by atoms with Gasteiger partial charge in [-0.25, -0.2) is 9.97 Å². The molecule has 0 atom stereocenters. The summed E-state index contributed by atoms with van der Waals surface area (Å²) >= 11 is 0. The molecule has 0 saturated heterocycles. The van der Waals surface area contributed by atoms with E-state index in [-0.39, 0.29) is 34.2 Å². The molecule has 16 heteroatoms. The zero-order valence-corrected chi connectivity index (χ0v) is 13.4. The van der Waals surface area contributed by atoms with Crippen LogP contribution in [0.4, 0.5) is 11.9 Å². The molecule has 0 bridgehead atoms. The number of anilines is 2. The quantitative estimate of drug-likeness (QED) is 0.282. The summed E-state index contributed by atoms with van der Waals surface area (Å²) in [6.07, 6.45) is 2.13. The number of nitrogens with two attached hydrogens (primary N) is 2. The molecule has 4 aromatic rings. The molecule has 0 aromatic carbocycles. The second-order valence-electron chi connectivity index (χ2n) is 4.77. The molecule has 4 rings (SSSR count). The Hall–Kier alpha value is -4.00. The summed E-state index contributed by atoms with van der Waals surface area (Å²) in [5.74, 6) is -0.355. The van der Waals surface area contributed by atoms with E-state index in [1.54, 1.807) is 0 Å². The van der Waals surface area contributed by atoms with Crippen LogP contribution in [0.3, 0.4) is 0 Å². The van der Waals surface area contributed by atoms with Crippen LogP contribution in [-0.4, -0.2) is 39.4 Å². The molecule has 0 unspecified atom stereocenters. The van der Waals surface area contributed by atoms with Gasteiger partial charge in [-0.3, -0.25) is 19.6 Å². The van der Waals surface area contributed by atoms with Gasteiger partial charge in [-0.05, 0) is 0 Å². The number of imidazole rings is 2. The molecule has 0 aliphatic rings. The number of hydrogen-bond donors (Lipinski definition) is 4. The summed E-state index contributed by atoms with van der Waals surface area (Å²) < 4.78 is 23.9. The van der Waals surface area contributed by atoms with Gasteiger partial charge in [0, 0.05) is 4.57 Å². The third-order valence-electron chi connectivity index (χ3n) is 3.10. The van der Waals surface area contributed by atoms with E-state index in [1.807, 2.05) is 0 Å². The summed E-state index contributed by atoms with van der Waals surface area (Å²) in [4.78, 5) is 43.1. The zero-order valence-electron chi connectivity index (χ0n) is 12.5. The molecule has 0 fully saturated rings. The maximum absolute atomic E-state index is 12.1. The number of fused-ring (bicyclic) bond motifs is 2. The van der Waals surface area contributed by atoms with Crippen molar-refractivity contribution in [2.45, 2.75) is 0 Å². The van der Waals surface area contributed by atoms with Gasteiger partial charge >= 0.3 is 8.25 Å². The first-order valence-electron chi connectivity index (χ1n) is 6.72. The van der Waals surface area contributed by atoms with Gasteiger partial charge in [-0.1, -0.05) is 9.46 Å². The molecular weight excluding hydrogens is 371 g/mol. The number of nitrogen functional groups attached to an aromatic ring is 2. The van der Waals surface area contributed by atoms with Crippen molar-refractivity contribution in [2.24, 2.45) is 0 Å². The maximum atomic E-state index is 12.1. The number of nitrogens with one attached hydrogen (secondary N) is 2. The van der Waals surface area contributed by atoms with E-state index < -0.39 is 19.4 Å². The van der Waals surface area contributed by atoms with Crippen molar-refractivity contribution in [2.75, 3.05) is 11.5 Å². The Morgan fingerprint density at radius 3 is 1.73 bits per heavy atom. The average molecular weight is 379 g/mol. The third-order valence-corrected chi connectivity index (χ3v) is 3.72. The largest absolute Gasteiger partial charge is 0.848 e. The Bertz CT molecular complexity index is 1190. The van der Waals surface area contributed by atoms with Crippen LogP contribution in [0.25, 0.3) is 22.3 Å². The molecule has 0 radical (unpaired) electrons. The van der Waals surface area contributed by atoms with Crippen LogP contribution in [0.15, 0.2) is 22.2 Å². The second kappa shape index (κ2) is 5.52. The van der Waals surface area contributed by atoms with Crippen molar-refractivity contribution in [1.29, 1.82) is 0 Å². The van der Waals surface area contributed by atoms with Crippen LogP contribution in [0.5, 0.6) is 0 Å². The van der Waals surface area contributed by atoms with E-state index in [9.17, 15) is 14.2 Å². The average Bonchev–Trinajstić information content (AvgIpc) is 3.13. The normalized spacial score (nSPS) is 11.1. The van der Waals surface area contributed by atoms with Gasteiger partial charge in [0.05, 0.1) is 0 Å². The molecule has 132 valence electrons. The predicted molar refractivity (Wildman–Crippen MR) is 85.9 cm³/mol. The fourth-order valence-electron chi connectivity index (χ4n) is 2.09. The van der Waals surface area contributed by atoms with Gasteiger partial charge in [0.1, 0.15) is 12.7 Å². The number of aromatic nitrogens is 8. The van der Waals surface area contributed by atoms with Crippen molar-refractivity contribution in [3.63, 3.8) is 0 Å². The minimum Gasteiger partial charge on any atom is -0.369 e. The molecule has 0 spiro atoms. The predicted octanol–water partition coefficient (Wildman–Crippen LogP) is -2.07. The summed E-state index contributed by atoms with van der Waals surface area (Å²) in [6.45, 7) is 0. The Morgan fingerprint density at radius 1 is 0.885 bits per heavy atom. The molecule has 0 saturated carbocycles. The van der Waals surface area contributed by atoms with E-state index in [0.29, 0.717) is 0 Å². The molecule has 0 aliphatic heterocycles. The first-order chi connectivity index (χ1) is 12.4. The van der Waals surface area contributed by atoms with E-state index in [4.69, 9.17) is 20.7 Å². The minimum atomic E-state index is -2.86. The van der Waals surface area contributed by atoms with Crippen LogP contribution in [0, 0.1) is 0 Å². The van der Waals surface area contributed by atoms with Crippen molar-refractivity contribution >= 4 is 42.5 Å². The Kier molecular flexibility index (Phi) is 3.30. The first kappa shape index (κ1) is 15.5. The summed E-state index contributed by atoms with van der Waals surface area (Å²) in [5, 5.41) is 0. The second-order valence-corrected chi connectivity index (χ2v) is 5.55. The number of rotatable bonds is 4. The van der Waals surface area contributed by atoms with E-state index in [0.717, 1.165) is 22.1 Å². The van der Waals surface area contributed by atoms with Crippen molar-refractivity contribution in [3.05, 3.63) is 33.4 Å². The highest BCUT2D eigenvalue weighted by molar-refractivity contribution is 7.33. The molecule has 26 heavy (non-hydrogen) atoms. The smallest absolute Gasteiger partial charge is 0.369 e. The van der Waals surface area contributed by atoms with Crippen molar-refractivity contribution in [1.82, 2.24) is 39.4 Å². The first-order valence-corrected chi connectivity index (χ1v) is 7.82. The fourth-order valence-corrected chi connectivity index (χ4v) is 2.65.